The fraction of sp³-hybridized carbons (Fsp3) is 0.833. The number of rotatable bonds is 6. The van der Waals surface area contributed by atoms with E-state index in [0.717, 1.165) is 19.6 Å². The van der Waals surface area contributed by atoms with Crippen LogP contribution in [0, 0.1) is 0 Å². The van der Waals surface area contributed by atoms with Gasteiger partial charge in [-0.15, -0.1) is 0 Å². The number of hydrogen-bond acceptors (Lipinski definition) is 4. The van der Waals surface area contributed by atoms with Gasteiger partial charge in [0.15, 0.2) is 6.10 Å². The highest BCUT2D eigenvalue weighted by Crippen LogP contribution is 2.08. The van der Waals surface area contributed by atoms with Gasteiger partial charge in [-0.2, -0.15) is 0 Å². The third kappa shape index (κ3) is 6.40. The number of likely N-dealkylation sites (tertiary alicyclic amines) is 1. The highest BCUT2D eigenvalue weighted by Gasteiger charge is 2.17. The Morgan fingerprint density at radius 2 is 1.89 bits per heavy atom. The number of aliphatic hydroxyl groups is 1. The molecule has 0 spiro atoms. The number of aliphatic hydroxyl groups excluding tert-OH is 1. The second kappa shape index (κ2) is 7.96. The second-order valence-corrected chi connectivity index (χ2v) is 4.97. The molecule has 0 bridgehead atoms. The first-order chi connectivity index (χ1) is 8.99. The maximum absolute atomic E-state index is 11.5. The summed E-state index contributed by atoms with van der Waals surface area (Å²) in [5, 5.41) is 22.5. The zero-order valence-electron chi connectivity index (χ0n) is 11.3. The smallest absolute Gasteiger partial charge is 0.334 e. The predicted molar refractivity (Wildman–Crippen MR) is 69.9 cm³/mol. The van der Waals surface area contributed by atoms with Crippen molar-refractivity contribution in [3.05, 3.63) is 0 Å². The van der Waals surface area contributed by atoms with E-state index in [9.17, 15) is 9.59 Å². The van der Waals surface area contributed by atoms with Gasteiger partial charge < -0.3 is 25.7 Å². The first-order valence-electron chi connectivity index (χ1n) is 6.66. The molecule has 4 N–H and O–H groups in total. The van der Waals surface area contributed by atoms with E-state index in [4.69, 9.17) is 10.2 Å². The van der Waals surface area contributed by atoms with Crippen LogP contribution in [0.15, 0.2) is 0 Å². The molecule has 2 atom stereocenters. The number of nitrogens with zero attached hydrogens (tertiary/aromatic N) is 1. The van der Waals surface area contributed by atoms with E-state index in [0.29, 0.717) is 0 Å². The maximum atomic E-state index is 11.5. The van der Waals surface area contributed by atoms with Gasteiger partial charge in [-0.25, -0.2) is 9.59 Å². The van der Waals surface area contributed by atoms with Crippen LogP contribution in [0.1, 0.15) is 26.2 Å². The lowest BCUT2D eigenvalue weighted by atomic mass is 10.1. The standard InChI is InChI=1S/C12H23N3O4/c1-9(8-15-5-3-2-4-6-15)14-12(19)13-7-10(16)11(17)18/h9-10,16H,2-8H2,1H3,(H,17,18)(H2,13,14,19)/t9?,10-/m0/s1. The molecule has 1 saturated heterocycles. The van der Waals surface area contributed by atoms with Crippen molar-refractivity contribution < 1.29 is 19.8 Å². The van der Waals surface area contributed by atoms with Crippen LogP contribution in [-0.4, -0.2) is 65.4 Å². The van der Waals surface area contributed by atoms with E-state index in [-0.39, 0.29) is 12.6 Å². The molecule has 0 aromatic rings. The van der Waals surface area contributed by atoms with Crippen LogP contribution in [0.5, 0.6) is 0 Å². The molecule has 1 unspecified atom stereocenters. The Balaban J connectivity index is 2.18. The minimum Gasteiger partial charge on any atom is -0.479 e. The number of aliphatic carboxylic acids is 1. The molecule has 0 aliphatic carbocycles. The van der Waals surface area contributed by atoms with Gasteiger partial charge in [-0.1, -0.05) is 6.42 Å². The van der Waals surface area contributed by atoms with Crippen molar-refractivity contribution >= 4 is 12.0 Å². The number of piperidine rings is 1. The first-order valence-corrected chi connectivity index (χ1v) is 6.66. The van der Waals surface area contributed by atoms with Crippen molar-refractivity contribution in [2.24, 2.45) is 0 Å². The van der Waals surface area contributed by atoms with Crippen LogP contribution in [0.3, 0.4) is 0 Å². The summed E-state index contributed by atoms with van der Waals surface area (Å²) in [6.07, 6.45) is 2.10. The minimum atomic E-state index is -1.57. The van der Waals surface area contributed by atoms with Gasteiger partial charge in [0.2, 0.25) is 0 Å². The Bertz CT molecular complexity index is 305. The van der Waals surface area contributed by atoms with Gasteiger partial charge in [0.25, 0.3) is 0 Å². The van der Waals surface area contributed by atoms with Crippen LogP contribution in [-0.2, 0) is 4.79 Å². The summed E-state index contributed by atoms with van der Waals surface area (Å²) in [5.74, 6) is -1.35. The zero-order chi connectivity index (χ0) is 14.3. The van der Waals surface area contributed by atoms with Gasteiger partial charge >= 0.3 is 12.0 Å². The van der Waals surface area contributed by atoms with Crippen molar-refractivity contribution in [1.82, 2.24) is 15.5 Å². The summed E-state index contributed by atoms with van der Waals surface area (Å²) in [4.78, 5) is 24.2. The Morgan fingerprint density at radius 1 is 1.26 bits per heavy atom. The molecule has 7 nitrogen and oxygen atoms in total. The molecule has 0 saturated carbocycles. The highest BCUT2D eigenvalue weighted by atomic mass is 16.4. The lowest BCUT2D eigenvalue weighted by molar-refractivity contribution is -0.146. The van der Waals surface area contributed by atoms with E-state index in [1.165, 1.54) is 19.3 Å². The van der Waals surface area contributed by atoms with Crippen LogP contribution < -0.4 is 10.6 Å². The van der Waals surface area contributed by atoms with E-state index in [2.05, 4.69) is 15.5 Å². The summed E-state index contributed by atoms with van der Waals surface area (Å²) in [5.41, 5.74) is 0. The lowest BCUT2D eigenvalue weighted by Gasteiger charge is -2.29. The largest absolute Gasteiger partial charge is 0.479 e. The van der Waals surface area contributed by atoms with Crippen LogP contribution in [0.25, 0.3) is 0 Å². The quantitative estimate of drug-likeness (QED) is 0.528. The summed E-state index contributed by atoms with van der Waals surface area (Å²) in [6.45, 7) is 4.52. The normalized spacial score (nSPS) is 19.5. The third-order valence-electron chi connectivity index (χ3n) is 3.10. The van der Waals surface area contributed by atoms with E-state index in [1.807, 2.05) is 6.92 Å². The fourth-order valence-electron chi connectivity index (χ4n) is 2.13. The number of urea groups is 1. The van der Waals surface area contributed by atoms with Crippen molar-refractivity contribution in [3.8, 4) is 0 Å². The molecular weight excluding hydrogens is 250 g/mol. The molecule has 1 fully saturated rings. The molecule has 1 aliphatic rings. The summed E-state index contributed by atoms with van der Waals surface area (Å²) >= 11 is 0. The zero-order valence-corrected chi connectivity index (χ0v) is 11.3. The third-order valence-corrected chi connectivity index (χ3v) is 3.10. The van der Waals surface area contributed by atoms with Gasteiger partial charge in [0.05, 0.1) is 6.54 Å². The van der Waals surface area contributed by atoms with Gasteiger partial charge in [0, 0.05) is 12.6 Å². The molecule has 19 heavy (non-hydrogen) atoms. The SMILES string of the molecule is CC(CN1CCCCC1)NC(=O)NC[C@H](O)C(=O)O. The molecule has 2 amide bonds. The lowest BCUT2D eigenvalue weighted by Crippen LogP contribution is -2.49. The van der Waals surface area contributed by atoms with Gasteiger partial charge in [0.1, 0.15) is 0 Å². The summed E-state index contributed by atoms with van der Waals surface area (Å²) in [7, 11) is 0. The van der Waals surface area contributed by atoms with Gasteiger partial charge in [-0.3, -0.25) is 0 Å². The van der Waals surface area contributed by atoms with Crippen molar-refractivity contribution in [2.75, 3.05) is 26.2 Å². The minimum absolute atomic E-state index is 0.0138. The molecule has 1 heterocycles. The van der Waals surface area contributed by atoms with Gasteiger partial charge in [-0.05, 0) is 32.9 Å². The highest BCUT2D eigenvalue weighted by molar-refractivity contribution is 5.76. The molecule has 0 aromatic heterocycles. The molecule has 1 aliphatic heterocycles. The number of carboxylic acids is 1. The number of carbonyl (C=O) groups excluding carboxylic acids is 1. The Hall–Kier alpha value is -1.34. The molecule has 0 aromatic carbocycles. The Kier molecular flexibility index (Phi) is 6.58. The number of carboxylic acid groups (broad SMARTS) is 1. The topological polar surface area (TPSA) is 102 Å². The monoisotopic (exact) mass is 273 g/mol. The summed E-state index contributed by atoms with van der Waals surface area (Å²) in [6, 6.07) is -0.468. The van der Waals surface area contributed by atoms with E-state index in [1.54, 1.807) is 0 Å². The molecule has 1 rings (SSSR count). The second-order valence-electron chi connectivity index (χ2n) is 4.97. The van der Waals surface area contributed by atoms with Crippen LogP contribution in [0.4, 0.5) is 4.79 Å². The number of amides is 2. The molecule has 110 valence electrons. The van der Waals surface area contributed by atoms with Crippen molar-refractivity contribution in [1.29, 1.82) is 0 Å². The van der Waals surface area contributed by atoms with Crippen molar-refractivity contribution in [2.45, 2.75) is 38.3 Å². The van der Waals surface area contributed by atoms with E-state index < -0.39 is 18.1 Å². The molecule has 0 radical (unpaired) electrons. The maximum Gasteiger partial charge on any atom is 0.334 e. The Labute approximate surface area is 113 Å². The van der Waals surface area contributed by atoms with E-state index >= 15 is 0 Å². The molecular formula is C12H23N3O4. The number of carbonyl (C=O) groups is 2. The first kappa shape index (κ1) is 15.7. The average molecular weight is 273 g/mol. The molecule has 7 heteroatoms. The number of hydrogen-bond donors (Lipinski definition) is 4. The average Bonchev–Trinajstić information content (AvgIpc) is 2.36. The van der Waals surface area contributed by atoms with Crippen LogP contribution in [0.2, 0.25) is 0 Å². The Morgan fingerprint density at radius 3 is 2.47 bits per heavy atom. The van der Waals surface area contributed by atoms with Crippen molar-refractivity contribution in [3.63, 3.8) is 0 Å². The predicted octanol–water partition coefficient (Wildman–Crippen LogP) is -0.394. The number of nitrogens with one attached hydrogen (secondary N) is 2. The fourth-order valence-corrected chi connectivity index (χ4v) is 2.13. The summed E-state index contributed by atoms with van der Waals surface area (Å²) < 4.78 is 0. The van der Waals surface area contributed by atoms with Crippen LogP contribution >= 0.6 is 0 Å².